The monoisotopic (exact) mass is 254 g/mol. The molecule has 0 saturated carbocycles. The fourth-order valence-corrected chi connectivity index (χ4v) is 1.90. The van der Waals surface area contributed by atoms with Crippen LogP contribution in [0.5, 0.6) is 0 Å². The topological polar surface area (TPSA) is 55.1 Å². The lowest BCUT2D eigenvalue weighted by atomic mass is 10.1. The minimum Gasteiger partial charge on any atom is -0.354 e. The molecule has 0 aliphatic carbocycles. The van der Waals surface area contributed by atoms with E-state index in [0.29, 0.717) is 6.54 Å². The van der Waals surface area contributed by atoms with E-state index in [1.54, 1.807) is 0 Å². The van der Waals surface area contributed by atoms with Crippen LogP contribution in [0.1, 0.15) is 17.2 Å². The number of carbonyl (C=O) groups excluding carboxylic acids is 1. The number of rotatable bonds is 5. The van der Waals surface area contributed by atoms with Crippen LogP contribution in [0.15, 0.2) is 60.7 Å². The van der Waals surface area contributed by atoms with Gasteiger partial charge in [-0.3, -0.25) is 4.79 Å². The van der Waals surface area contributed by atoms with Crippen molar-refractivity contribution in [3.8, 4) is 0 Å². The third-order valence-corrected chi connectivity index (χ3v) is 3.00. The summed E-state index contributed by atoms with van der Waals surface area (Å²) in [5.41, 5.74) is 7.94. The van der Waals surface area contributed by atoms with Gasteiger partial charge in [-0.1, -0.05) is 60.7 Å². The molecule has 1 atom stereocenters. The molecule has 2 rings (SSSR count). The Morgan fingerprint density at radius 2 is 1.58 bits per heavy atom. The van der Waals surface area contributed by atoms with E-state index in [-0.39, 0.29) is 5.91 Å². The van der Waals surface area contributed by atoms with Gasteiger partial charge in [-0.25, -0.2) is 0 Å². The maximum Gasteiger partial charge on any atom is 0.241 e. The molecule has 0 saturated heterocycles. The molecular formula is C16H18N2O. The minimum atomic E-state index is -0.600. The Hall–Kier alpha value is -2.13. The van der Waals surface area contributed by atoms with Gasteiger partial charge in [0.15, 0.2) is 0 Å². The highest BCUT2D eigenvalue weighted by molar-refractivity contribution is 5.82. The summed E-state index contributed by atoms with van der Waals surface area (Å²) in [6, 6.07) is 18.8. The molecule has 0 radical (unpaired) electrons. The van der Waals surface area contributed by atoms with Gasteiger partial charge >= 0.3 is 0 Å². The lowest BCUT2D eigenvalue weighted by molar-refractivity contribution is -0.122. The smallest absolute Gasteiger partial charge is 0.241 e. The molecule has 2 aromatic rings. The number of amides is 1. The highest BCUT2D eigenvalue weighted by Gasteiger charge is 2.14. The predicted molar refractivity (Wildman–Crippen MR) is 76.5 cm³/mol. The normalized spacial score (nSPS) is 11.8. The molecule has 98 valence electrons. The number of nitrogens with one attached hydrogen (secondary N) is 1. The Bertz CT molecular complexity index is 511. The van der Waals surface area contributed by atoms with Crippen LogP contribution in [-0.2, 0) is 11.2 Å². The van der Waals surface area contributed by atoms with Crippen LogP contribution >= 0.6 is 0 Å². The summed E-state index contributed by atoms with van der Waals surface area (Å²) in [7, 11) is 0. The zero-order chi connectivity index (χ0) is 13.5. The van der Waals surface area contributed by atoms with Crippen molar-refractivity contribution in [3.05, 3.63) is 71.8 Å². The number of nitrogens with two attached hydrogens (primary N) is 1. The maximum absolute atomic E-state index is 11.9. The first-order valence-corrected chi connectivity index (χ1v) is 6.39. The zero-order valence-corrected chi connectivity index (χ0v) is 10.8. The minimum absolute atomic E-state index is 0.137. The van der Waals surface area contributed by atoms with Crippen molar-refractivity contribution in [3.63, 3.8) is 0 Å². The van der Waals surface area contributed by atoms with Crippen LogP contribution in [0.4, 0.5) is 0 Å². The van der Waals surface area contributed by atoms with Gasteiger partial charge < -0.3 is 11.1 Å². The average Bonchev–Trinajstić information content (AvgIpc) is 2.48. The Balaban J connectivity index is 1.82. The summed E-state index contributed by atoms with van der Waals surface area (Å²) < 4.78 is 0. The fourth-order valence-electron chi connectivity index (χ4n) is 1.90. The number of hydrogen-bond donors (Lipinski definition) is 2. The van der Waals surface area contributed by atoms with Gasteiger partial charge in [-0.15, -0.1) is 0 Å². The molecule has 3 N–H and O–H groups in total. The first-order valence-electron chi connectivity index (χ1n) is 6.39. The van der Waals surface area contributed by atoms with Gasteiger partial charge in [0.05, 0.1) is 0 Å². The Labute approximate surface area is 113 Å². The van der Waals surface area contributed by atoms with E-state index in [0.717, 1.165) is 12.0 Å². The summed E-state index contributed by atoms with van der Waals surface area (Å²) in [6.07, 6.45) is 0.814. The molecule has 3 heteroatoms. The summed E-state index contributed by atoms with van der Waals surface area (Å²) >= 11 is 0. The summed E-state index contributed by atoms with van der Waals surface area (Å²) in [6.45, 7) is 0.601. The van der Waals surface area contributed by atoms with Gasteiger partial charge in [0.25, 0.3) is 0 Å². The molecule has 2 aromatic carbocycles. The lowest BCUT2D eigenvalue weighted by Crippen LogP contribution is -2.35. The highest BCUT2D eigenvalue weighted by atomic mass is 16.2. The lowest BCUT2D eigenvalue weighted by Gasteiger charge is -2.12. The predicted octanol–water partition coefficient (Wildman–Crippen LogP) is 2.05. The van der Waals surface area contributed by atoms with Crippen LogP contribution in [-0.4, -0.2) is 12.5 Å². The van der Waals surface area contributed by atoms with Gasteiger partial charge in [-0.05, 0) is 17.5 Å². The second kappa shape index (κ2) is 6.71. The molecule has 0 fully saturated rings. The van der Waals surface area contributed by atoms with E-state index in [1.165, 1.54) is 5.56 Å². The van der Waals surface area contributed by atoms with Gasteiger partial charge in [0.2, 0.25) is 5.91 Å². The summed E-state index contributed by atoms with van der Waals surface area (Å²) in [5.74, 6) is -0.137. The van der Waals surface area contributed by atoms with E-state index in [9.17, 15) is 4.79 Å². The quantitative estimate of drug-likeness (QED) is 0.858. The molecule has 0 spiro atoms. The first kappa shape index (κ1) is 13.3. The van der Waals surface area contributed by atoms with Crippen LogP contribution in [0.25, 0.3) is 0 Å². The second-order valence-electron chi connectivity index (χ2n) is 4.41. The zero-order valence-electron chi connectivity index (χ0n) is 10.8. The Morgan fingerprint density at radius 1 is 1.00 bits per heavy atom. The van der Waals surface area contributed by atoms with Crippen LogP contribution < -0.4 is 11.1 Å². The van der Waals surface area contributed by atoms with Crippen molar-refractivity contribution in [2.45, 2.75) is 12.5 Å². The summed E-state index contributed by atoms with van der Waals surface area (Å²) in [5, 5.41) is 2.87. The molecule has 1 amide bonds. The molecule has 0 bridgehead atoms. The van der Waals surface area contributed by atoms with E-state index < -0.39 is 6.04 Å². The van der Waals surface area contributed by atoms with Gasteiger partial charge in [0, 0.05) is 6.54 Å². The first-order chi connectivity index (χ1) is 9.27. The van der Waals surface area contributed by atoms with E-state index in [1.807, 2.05) is 60.7 Å². The van der Waals surface area contributed by atoms with Crippen LogP contribution in [0.2, 0.25) is 0 Å². The number of hydrogen-bond acceptors (Lipinski definition) is 2. The SMILES string of the molecule is N[C@H](C(=O)NCCc1ccccc1)c1ccccc1. The van der Waals surface area contributed by atoms with Crippen molar-refractivity contribution in [2.24, 2.45) is 5.73 Å². The van der Waals surface area contributed by atoms with Crippen molar-refractivity contribution in [1.82, 2.24) is 5.32 Å². The Kier molecular flexibility index (Phi) is 4.70. The Morgan fingerprint density at radius 3 is 2.21 bits per heavy atom. The third kappa shape index (κ3) is 3.93. The van der Waals surface area contributed by atoms with Crippen LogP contribution in [0, 0.1) is 0 Å². The number of benzene rings is 2. The van der Waals surface area contributed by atoms with Crippen molar-refractivity contribution in [1.29, 1.82) is 0 Å². The molecule has 0 aromatic heterocycles. The van der Waals surface area contributed by atoms with E-state index in [2.05, 4.69) is 5.32 Å². The largest absolute Gasteiger partial charge is 0.354 e. The standard InChI is InChI=1S/C16H18N2O/c17-15(14-9-5-2-6-10-14)16(19)18-12-11-13-7-3-1-4-8-13/h1-10,15H,11-12,17H2,(H,18,19)/t15-/m0/s1. The van der Waals surface area contributed by atoms with Crippen LogP contribution in [0.3, 0.4) is 0 Å². The average molecular weight is 254 g/mol. The van der Waals surface area contributed by atoms with Crippen molar-refractivity contribution in [2.75, 3.05) is 6.54 Å². The van der Waals surface area contributed by atoms with E-state index >= 15 is 0 Å². The fraction of sp³-hybridized carbons (Fsp3) is 0.188. The second-order valence-corrected chi connectivity index (χ2v) is 4.41. The van der Waals surface area contributed by atoms with Crippen molar-refractivity contribution >= 4 is 5.91 Å². The van der Waals surface area contributed by atoms with Gasteiger partial charge in [-0.2, -0.15) is 0 Å². The molecule has 0 heterocycles. The van der Waals surface area contributed by atoms with Crippen molar-refractivity contribution < 1.29 is 4.79 Å². The van der Waals surface area contributed by atoms with E-state index in [4.69, 9.17) is 5.73 Å². The maximum atomic E-state index is 11.9. The molecule has 0 aliphatic rings. The molecular weight excluding hydrogens is 236 g/mol. The molecule has 19 heavy (non-hydrogen) atoms. The third-order valence-electron chi connectivity index (χ3n) is 3.00. The van der Waals surface area contributed by atoms with Gasteiger partial charge in [0.1, 0.15) is 6.04 Å². The number of carbonyl (C=O) groups is 1. The molecule has 0 aliphatic heterocycles. The highest BCUT2D eigenvalue weighted by Crippen LogP contribution is 2.09. The molecule has 3 nitrogen and oxygen atoms in total. The molecule has 0 unspecified atom stereocenters. The summed E-state index contributed by atoms with van der Waals surface area (Å²) in [4.78, 5) is 11.9.